The first-order valence-electron chi connectivity index (χ1n) is 6.15. The zero-order valence-electron chi connectivity index (χ0n) is 10.7. The predicted octanol–water partition coefficient (Wildman–Crippen LogP) is 1.11. The monoisotopic (exact) mass is 272 g/mol. The van der Waals surface area contributed by atoms with Gasteiger partial charge in [-0.2, -0.15) is 0 Å². The van der Waals surface area contributed by atoms with Crippen LogP contribution in [0.3, 0.4) is 0 Å². The average Bonchev–Trinajstić information content (AvgIpc) is 2.39. The molecule has 19 heavy (non-hydrogen) atoms. The minimum Gasteiger partial charge on any atom is -0.387 e. The van der Waals surface area contributed by atoms with Crippen LogP contribution >= 0.6 is 0 Å². The maximum atomic E-state index is 13.0. The van der Waals surface area contributed by atoms with Crippen LogP contribution in [0.25, 0.3) is 0 Å². The van der Waals surface area contributed by atoms with Crippen molar-refractivity contribution in [1.29, 1.82) is 0 Å². The molecule has 0 spiro atoms. The van der Waals surface area contributed by atoms with E-state index in [9.17, 15) is 18.7 Å². The number of hydrogen-bond acceptors (Lipinski definition) is 3. The summed E-state index contributed by atoms with van der Waals surface area (Å²) >= 11 is 0. The summed E-state index contributed by atoms with van der Waals surface area (Å²) in [6.07, 6.45) is -0.141. The van der Waals surface area contributed by atoms with Gasteiger partial charge < -0.3 is 15.7 Å². The van der Waals surface area contributed by atoms with Gasteiger partial charge in [-0.25, -0.2) is 8.78 Å². The molecule has 6 heteroatoms. The molecule has 0 radical (unpaired) electrons. The van der Waals surface area contributed by atoms with E-state index in [0.29, 0.717) is 6.54 Å². The van der Waals surface area contributed by atoms with E-state index in [1.165, 1.54) is 6.07 Å². The second-order valence-electron chi connectivity index (χ2n) is 4.17. The quantitative estimate of drug-likeness (QED) is 0.697. The Kier molecular flexibility index (Phi) is 6.38. The van der Waals surface area contributed by atoms with Crippen LogP contribution in [0, 0.1) is 11.6 Å². The van der Waals surface area contributed by atoms with E-state index < -0.39 is 17.7 Å². The van der Waals surface area contributed by atoms with E-state index in [2.05, 4.69) is 10.6 Å². The van der Waals surface area contributed by atoms with Crippen LogP contribution in [0.5, 0.6) is 0 Å². The summed E-state index contributed by atoms with van der Waals surface area (Å²) in [5.41, 5.74) is 0.264. The lowest BCUT2D eigenvalue weighted by Gasteiger charge is -2.12. The third-order valence-corrected chi connectivity index (χ3v) is 2.52. The summed E-state index contributed by atoms with van der Waals surface area (Å²) < 4.78 is 25.7. The van der Waals surface area contributed by atoms with Crippen molar-refractivity contribution in [3.8, 4) is 0 Å². The van der Waals surface area contributed by atoms with Gasteiger partial charge in [-0.05, 0) is 24.1 Å². The highest BCUT2D eigenvalue weighted by Crippen LogP contribution is 2.15. The summed E-state index contributed by atoms with van der Waals surface area (Å²) in [5.74, 6) is -2.13. The Morgan fingerprint density at radius 2 is 2.11 bits per heavy atom. The number of hydrogen-bond donors (Lipinski definition) is 3. The fourth-order valence-electron chi connectivity index (χ4n) is 1.49. The second-order valence-corrected chi connectivity index (χ2v) is 4.17. The van der Waals surface area contributed by atoms with Gasteiger partial charge in [0.1, 0.15) is 0 Å². The second kappa shape index (κ2) is 7.81. The van der Waals surface area contributed by atoms with E-state index in [-0.39, 0.29) is 24.6 Å². The van der Waals surface area contributed by atoms with Crippen molar-refractivity contribution in [3.05, 3.63) is 35.4 Å². The Morgan fingerprint density at radius 1 is 1.37 bits per heavy atom. The van der Waals surface area contributed by atoms with Gasteiger partial charge in [0.15, 0.2) is 11.6 Å². The molecule has 0 aromatic heterocycles. The minimum absolute atomic E-state index is 0.0702. The summed E-state index contributed by atoms with van der Waals surface area (Å²) in [4.78, 5) is 11.3. The van der Waals surface area contributed by atoms with Crippen LogP contribution < -0.4 is 10.6 Å². The Bertz CT molecular complexity index is 427. The molecule has 0 bridgehead atoms. The van der Waals surface area contributed by atoms with Crippen molar-refractivity contribution in [1.82, 2.24) is 10.6 Å². The molecule has 4 nitrogen and oxygen atoms in total. The van der Waals surface area contributed by atoms with Crippen LogP contribution in [-0.4, -0.2) is 30.6 Å². The highest BCUT2D eigenvalue weighted by atomic mass is 19.2. The number of aliphatic hydroxyl groups excluding tert-OH is 1. The number of carbonyl (C=O) groups is 1. The topological polar surface area (TPSA) is 61.4 Å². The average molecular weight is 272 g/mol. The smallest absolute Gasteiger partial charge is 0.233 e. The number of aliphatic hydroxyl groups is 1. The first-order valence-corrected chi connectivity index (χ1v) is 6.15. The standard InChI is InChI=1S/C13H18F2N2O2/c1-2-5-17-13(19)8-16-7-12(18)9-3-4-10(14)11(15)6-9/h3-4,6,12,16,18H,2,5,7-8H2,1H3,(H,17,19). The molecule has 0 aliphatic carbocycles. The van der Waals surface area contributed by atoms with Crippen molar-refractivity contribution in [2.75, 3.05) is 19.6 Å². The van der Waals surface area contributed by atoms with Crippen molar-refractivity contribution in [2.24, 2.45) is 0 Å². The normalized spacial score (nSPS) is 12.2. The maximum absolute atomic E-state index is 13.0. The van der Waals surface area contributed by atoms with E-state index in [4.69, 9.17) is 0 Å². The fourth-order valence-corrected chi connectivity index (χ4v) is 1.49. The largest absolute Gasteiger partial charge is 0.387 e. The number of nitrogens with one attached hydrogen (secondary N) is 2. The molecule has 0 saturated carbocycles. The van der Waals surface area contributed by atoms with Gasteiger partial charge in [0.2, 0.25) is 5.91 Å². The first-order chi connectivity index (χ1) is 9.04. The van der Waals surface area contributed by atoms with Crippen molar-refractivity contribution in [3.63, 3.8) is 0 Å². The summed E-state index contributed by atoms with van der Waals surface area (Å²) in [5, 5.41) is 15.2. The number of halogens is 2. The van der Waals surface area contributed by atoms with Gasteiger partial charge in [0.25, 0.3) is 0 Å². The Morgan fingerprint density at radius 3 is 2.74 bits per heavy atom. The SMILES string of the molecule is CCCNC(=O)CNCC(O)c1ccc(F)c(F)c1. The van der Waals surface area contributed by atoms with Gasteiger partial charge >= 0.3 is 0 Å². The van der Waals surface area contributed by atoms with E-state index in [0.717, 1.165) is 18.6 Å². The summed E-state index contributed by atoms with van der Waals surface area (Å²) in [6, 6.07) is 3.21. The fraction of sp³-hybridized carbons (Fsp3) is 0.462. The molecule has 3 N–H and O–H groups in total. The molecule has 0 aliphatic heterocycles. The molecule has 0 aliphatic rings. The van der Waals surface area contributed by atoms with Crippen LogP contribution in [-0.2, 0) is 4.79 Å². The third kappa shape index (κ3) is 5.32. The Balaban J connectivity index is 2.36. The highest BCUT2D eigenvalue weighted by Gasteiger charge is 2.11. The lowest BCUT2D eigenvalue weighted by Crippen LogP contribution is -2.35. The molecule has 106 valence electrons. The van der Waals surface area contributed by atoms with Gasteiger partial charge in [-0.1, -0.05) is 13.0 Å². The van der Waals surface area contributed by atoms with Crippen molar-refractivity contribution < 1.29 is 18.7 Å². The number of carbonyl (C=O) groups excluding carboxylic acids is 1. The van der Waals surface area contributed by atoms with Gasteiger partial charge in [0, 0.05) is 13.1 Å². The predicted molar refractivity (Wildman–Crippen MR) is 67.5 cm³/mol. The zero-order chi connectivity index (χ0) is 14.3. The molecule has 1 aromatic rings. The van der Waals surface area contributed by atoms with E-state index in [1.54, 1.807) is 0 Å². The minimum atomic E-state index is -1.00. The molecule has 1 amide bonds. The highest BCUT2D eigenvalue weighted by molar-refractivity contribution is 5.77. The summed E-state index contributed by atoms with van der Waals surface area (Å²) in [6.45, 7) is 2.71. The number of amides is 1. The molecule has 1 rings (SSSR count). The molecular weight excluding hydrogens is 254 g/mol. The molecular formula is C13H18F2N2O2. The van der Waals surface area contributed by atoms with Crippen LogP contribution in [0.4, 0.5) is 8.78 Å². The van der Waals surface area contributed by atoms with Crippen LogP contribution in [0.2, 0.25) is 0 Å². The number of benzene rings is 1. The van der Waals surface area contributed by atoms with Crippen LogP contribution in [0.15, 0.2) is 18.2 Å². The van der Waals surface area contributed by atoms with Crippen molar-refractivity contribution >= 4 is 5.91 Å². The maximum Gasteiger partial charge on any atom is 0.233 e. The molecule has 1 unspecified atom stereocenters. The van der Waals surface area contributed by atoms with E-state index in [1.807, 2.05) is 6.92 Å². The lowest BCUT2D eigenvalue weighted by molar-refractivity contribution is -0.120. The van der Waals surface area contributed by atoms with E-state index >= 15 is 0 Å². The number of rotatable bonds is 7. The zero-order valence-corrected chi connectivity index (χ0v) is 10.7. The first kappa shape index (κ1) is 15.5. The summed E-state index contributed by atoms with van der Waals surface area (Å²) in [7, 11) is 0. The molecule has 0 heterocycles. The molecule has 1 atom stereocenters. The molecule has 0 fully saturated rings. The van der Waals surface area contributed by atoms with Crippen molar-refractivity contribution in [2.45, 2.75) is 19.4 Å². The third-order valence-electron chi connectivity index (χ3n) is 2.52. The lowest BCUT2D eigenvalue weighted by atomic mass is 10.1. The van der Waals surface area contributed by atoms with Gasteiger partial charge in [0.05, 0.1) is 12.6 Å². The molecule has 0 saturated heterocycles. The van der Waals surface area contributed by atoms with Crippen LogP contribution in [0.1, 0.15) is 25.0 Å². The van der Waals surface area contributed by atoms with Gasteiger partial charge in [-0.15, -0.1) is 0 Å². The Hall–Kier alpha value is -1.53. The Labute approximate surface area is 110 Å². The van der Waals surface area contributed by atoms with Gasteiger partial charge in [-0.3, -0.25) is 4.79 Å². The molecule has 1 aromatic carbocycles.